The largest absolute Gasteiger partial charge is 0.478 e. The molecular formula is C15H16F3N7O. The molecule has 0 saturated carbocycles. The van der Waals surface area contributed by atoms with Gasteiger partial charge in [-0.2, -0.15) is 27.8 Å². The first-order valence-corrected chi connectivity index (χ1v) is 8.14. The van der Waals surface area contributed by atoms with Gasteiger partial charge in [0.1, 0.15) is 0 Å². The van der Waals surface area contributed by atoms with Crippen molar-refractivity contribution < 1.29 is 17.9 Å². The highest BCUT2D eigenvalue weighted by Crippen LogP contribution is 2.28. The lowest BCUT2D eigenvalue weighted by Gasteiger charge is -2.25. The maximum absolute atomic E-state index is 12.9. The van der Waals surface area contributed by atoms with E-state index in [0.29, 0.717) is 25.4 Å². The highest BCUT2D eigenvalue weighted by molar-refractivity contribution is 5.35. The molecule has 0 unspecified atom stereocenters. The van der Waals surface area contributed by atoms with Crippen molar-refractivity contribution >= 4 is 5.78 Å². The zero-order chi connectivity index (χ0) is 18.3. The molecular weight excluding hydrogens is 351 g/mol. The second-order valence-corrected chi connectivity index (χ2v) is 6.00. The van der Waals surface area contributed by atoms with Crippen LogP contribution in [0.1, 0.15) is 29.7 Å². The van der Waals surface area contributed by atoms with Gasteiger partial charge in [-0.25, -0.2) is 4.98 Å². The maximum Gasteiger partial charge on any atom is 0.453 e. The first-order chi connectivity index (χ1) is 12.4. The topological polar surface area (TPSA) is 84.2 Å². The molecule has 4 heterocycles. The number of halogens is 3. The predicted octanol–water partition coefficient (Wildman–Crippen LogP) is 1.82. The van der Waals surface area contributed by atoms with Crippen LogP contribution in [0.3, 0.4) is 0 Å². The number of ether oxygens (including phenoxy) is 1. The van der Waals surface area contributed by atoms with Gasteiger partial charge in [0, 0.05) is 43.4 Å². The molecule has 0 atom stereocenters. The van der Waals surface area contributed by atoms with Crippen LogP contribution in [-0.2, 0) is 25.7 Å². The fraction of sp³-hybridized carbons (Fsp3) is 0.467. The molecule has 0 radical (unpaired) electrons. The van der Waals surface area contributed by atoms with E-state index in [9.17, 15) is 13.2 Å². The van der Waals surface area contributed by atoms with E-state index in [1.165, 1.54) is 0 Å². The van der Waals surface area contributed by atoms with Crippen LogP contribution >= 0.6 is 0 Å². The van der Waals surface area contributed by atoms with E-state index in [1.54, 1.807) is 19.2 Å². The smallest absolute Gasteiger partial charge is 0.453 e. The summed E-state index contributed by atoms with van der Waals surface area (Å²) in [6, 6.07) is 1.61. The molecule has 4 rings (SSSR count). The van der Waals surface area contributed by atoms with Gasteiger partial charge in [0.05, 0.1) is 18.5 Å². The van der Waals surface area contributed by atoms with Crippen molar-refractivity contribution in [2.45, 2.75) is 32.6 Å². The molecule has 0 amide bonds. The van der Waals surface area contributed by atoms with Gasteiger partial charge < -0.3 is 4.74 Å². The summed E-state index contributed by atoms with van der Waals surface area (Å²) in [7, 11) is 0. The van der Waals surface area contributed by atoms with Crippen molar-refractivity contribution in [2.75, 3.05) is 13.2 Å². The summed E-state index contributed by atoms with van der Waals surface area (Å²) >= 11 is 0. The van der Waals surface area contributed by atoms with E-state index in [2.05, 4.69) is 30.2 Å². The van der Waals surface area contributed by atoms with Gasteiger partial charge in [-0.05, 0) is 6.92 Å². The monoisotopic (exact) mass is 367 g/mol. The fourth-order valence-electron chi connectivity index (χ4n) is 2.98. The lowest BCUT2D eigenvalue weighted by molar-refractivity contribution is -0.144. The average Bonchev–Trinajstić information content (AvgIpc) is 3.20. The van der Waals surface area contributed by atoms with Crippen molar-refractivity contribution in [3.05, 3.63) is 35.0 Å². The lowest BCUT2D eigenvalue weighted by atomic mass is 10.1. The zero-order valence-electron chi connectivity index (χ0n) is 13.9. The van der Waals surface area contributed by atoms with Gasteiger partial charge in [0.15, 0.2) is 0 Å². The standard InChI is InChI=1S/C15H16F3N7O/c1-2-26-12-5-10(8-24-4-3-11-9(7-24)6-19-22-11)20-14-21-13(15(16,17)18)23-25(12)14/h5-6H,2-4,7-8H2,1H3,(H,19,22). The van der Waals surface area contributed by atoms with E-state index in [1.807, 2.05) is 0 Å². The van der Waals surface area contributed by atoms with Crippen LogP contribution in [0.25, 0.3) is 5.78 Å². The Kier molecular flexibility index (Phi) is 4.02. The van der Waals surface area contributed by atoms with Crippen LogP contribution in [0.5, 0.6) is 5.88 Å². The Morgan fingerprint density at radius 2 is 2.15 bits per heavy atom. The van der Waals surface area contributed by atoms with E-state index in [4.69, 9.17) is 4.74 Å². The summed E-state index contributed by atoms with van der Waals surface area (Å²) in [5.41, 5.74) is 2.81. The first-order valence-electron chi connectivity index (χ1n) is 8.14. The minimum Gasteiger partial charge on any atom is -0.478 e. The number of H-pyrrole nitrogens is 1. The summed E-state index contributed by atoms with van der Waals surface area (Å²) in [5, 5.41) is 10.5. The maximum atomic E-state index is 12.9. The zero-order valence-corrected chi connectivity index (χ0v) is 13.9. The SMILES string of the molecule is CCOc1cc(CN2CCc3[nH]ncc3C2)nc2nc(C(F)(F)F)nn12. The molecule has 1 aliphatic rings. The number of hydrogen-bond donors (Lipinski definition) is 1. The number of nitrogens with zero attached hydrogens (tertiary/aromatic N) is 6. The first kappa shape index (κ1) is 16.8. The van der Waals surface area contributed by atoms with Crippen molar-refractivity contribution in [1.82, 2.24) is 34.7 Å². The number of rotatable bonds is 4. The Morgan fingerprint density at radius 3 is 2.92 bits per heavy atom. The van der Waals surface area contributed by atoms with Gasteiger partial charge in [0.25, 0.3) is 11.6 Å². The molecule has 8 nitrogen and oxygen atoms in total. The predicted molar refractivity (Wildman–Crippen MR) is 83.4 cm³/mol. The third-order valence-electron chi connectivity index (χ3n) is 4.14. The fourth-order valence-corrected chi connectivity index (χ4v) is 2.98. The quantitative estimate of drug-likeness (QED) is 0.757. The molecule has 0 fully saturated rings. The summed E-state index contributed by atoms with van der Waals surface area (Å²) in [5.74, 6) is -1.17. The number of hydrogen-bond acceptors (Lipinski definition) is 6. The molecule has 138 valence electrons. The highest BCUT2D eigenvalue weighted by Gasteiger charge is 2.37. The number of alkyl halides is 3. The molecule has 0 saturated heterocycles. The van der Waals surface area contributed by atoms with Crippen LogP contribution in [-0.4, -0.2) is 47.8 Å². The summed E-state index contributed by atoms with van der Waals surface area (Å²) in [4.78, 5) is 9.89. The molecule has 0 spiro atoms. The van der Waals surface area contributed by atoms with Crippen LogP contribution in [0, 0.1) is 0 Å². The van der Waals surface area contributed by atoms with Crippen molar-refractivity contribution in [1.29, 1.82) is 0 Å². The third-order valence-corrected chi connectivity index (χ3v) is 4.14. The second-order valence-electron chi connectivity index (χ2n) is 6.00. The Morgan fingerprint density at radius 1 is 1.31 bits per heavy atom. The molecule has 1 aliphatic heterocycles. The van der Waals surface area contributed by atoms with Crippen LogP contribution < -0.4 is 4.74 Å². The summed E-state index contributed by atoms with van der Waals surface area (Å²) in [6.45, 7) is 4.01. The third kappa shape index (κ3) is 3.09. The Bertz CT molecular complexity index is 933. The van der Waals surface area contributed by atoms with Crippen LogP contribution in [0.4, 0.5) is 13.2 Å². The van der Waals surface area contributed by atoms with Gasteiger partial charge in [-0.3, -0.25) is 10.00 Å². The van der Waals surface area contributed by atoms with E-state index in [0.717, 1.165) is 28.7 Å². The Hall–Kier alpha value is -2.69. The molecule has 0 aliphatic carbocycles. The van der Waals surface area contributed by atoms with E-state index >= 15 is 0 Å². The normalized spacial score (nSPS) is 15.4. The minimum atomic E-state index is -4.64. The number of fused-ring (bicyclic) bond motifs is 2. The molecule has 0 bridgehead atoms. The Labute approximate surface area is 146 Å². The number of aromatic amines is 1. The molecule has 26 heavy (non-hydrogen) atoms. The van der Waals surface area contributed by atoms with E-state index in [-0.39, 0.29) is 11.7 Å². The average molecular weight is 367 g/mol. The van der Waals surface area contributed by atoms with Crippen molar-refractivity contribution in [3.63, 3.8) is 0 Å². The Balaban J connectivity index is 1.65. The van der Waals surface area contributed by atoms with Crippen molar-refractivity contribution in [3.8, 4) is 5.88 Å². The summed E-state index contributed by atoms with van der Waals surface area (Å²) in [6.07, 6.45) is -2.02. The molecule has 0 aromatic carbocycles. The highest BCUT2D eigenvalue weighted by atomic mass is 19.4. The van der Waals surface area contributed by atoms with Gasteiger partial charge >= 0.3 is 6.18 Å². The van der Waals surface area contributed by atoms with Crippen LogP contribution in [0.15, 0.2) is 12.3 Å². The molecule has 1 N–H and O–H groups in total. The van der Waals surface area contributed by atoms with Crippen molar-refractivity contribution in [2.24, 2.45) is 0 Å². The molecule has 3 aromatic heterocycles. The lowest BCUT2D eigenvalue weighted by Crippen LogP contribution is -2.30. The minimum absolute atomic E-state index is 0.126. The van der Waals surface area contributed by atoms with Gasteiger partial charge in [-0.1, -0.05) is 0 Å². The number of aromatic nitrogens is 6. The molecule has 11 heteroatoms. The molecule has 3 aromatic rings. The van der Waals surface area contributed by atoms with Gasteiger partial charge in [0.2, 0.25) is 5.88 Å². The van der Waals surface area contributed by atoms with Gasteiger partial charge in [-0.15, -0.1) is 5.10 Å². The summed E-state index contributed by atoms with van der Waals surface area (Å²) < 4.78 is 45.1. The van der Waals surface area contributed by atoms with Crippen LogP contribution in [0.2, 0.25) is 0 Å². The number of nitrogens with one attached hydrogen (secondary N) is 1. The van der Waals surface area contributed by atoms with E-state index < -0.39 is 12.0 Å². The second kappa shape index (κ2) is 6.24.